The van der Waals surface area contributed by atoms with Gasteiger partial charge in [0.05, 0.1) is 11.0 Å². The number of rotatable bonds is 0. The molecule has 0 spiro atoms. The van der Waals surface area contributed by atoms with Crippen LogP contribution in [0.15, 0.2) is 103 Å². The average molecular weight is 367 g/mol. The number of hydrogen-bond acceptors (Lipinski definition) is 0. The van der Waals surface area contributed by atoms with Crippen molar-refractivity contribution in [3.63, 3.8) is 0 Å². The average Bonchev–Trinajstić information content (AvgIpc) is 3.17. The number of nitrogens with zero attached hydrogens (tertiary/aromatic N) is 1. The van der Waals surface area contributed by atoms with E-state index in [4.69, 9.17) is 0 Å². The summed E-state index contributed by atoms with van der Waals surface area (Å²) in [6, 6.07) is 35.3. The maximum Gasteiger partial charge on any atom is 0.0620 e. The lowest BCUT2D eigenvalue weighted by Crippen LogP contribution is -1.92. The van der Waals surface area contributed by atoms with Crippen molar-refractivity contribution in [2.45, 2.75) is 0 Å². The van der Waals surface area contributed by atoms with Crippen LogP contribution in [-0.2, 0) is 0 Å². The summed E-state index contributed by atoms with van der Waals surface area (Å²) in [5.74, 6) is 0. The first kappa shape index (κ1) is 15.1. The lowest BCUT2D eigenvalue weighted by molar-refractivity contribution is 1.31. The van der Waals surface area contributed by atoms with Crippen LogP contribution in [0.4, 0.5) is 0 Å². The van der Waals surface area contributed by atoms with Crippen molar-refractivity contribution in [2.24, 2.45) is 0 Å². The molecule has 0 radical (unpaired) electrons. The van der Waals surface area contributed by atoms with Crippen LogP contribution in [0.3, 0.4) is 0 Å². The van der Waals surface area contributed by atoms with Gasteiger partial charge in [-0.25, -0.2) is 0 Å². The Kier molecular flexibility index (Phi) is 2.80. The zero-order chi connectivity index (χ0) is 18.9. The first-order valence-corrected chi connectivity index (χ1v) is 10.0. The molecular formula is C28H17N. The Balaban J connectivity index is 1.94. The largest absolute Gasteiger partial charge is 0.314 e. The van der Waals surface area contributed by atoms with Gasteiger partial charge in [0.2, 0.25) is 0 Å². The van der Waals surface area contributed by atoms with Gasteiger partial charge in [0, 0.05) is 33.1 Å². The summed E-state index contributed by atoms with van der Waals surface area (Å²) >= 11 is 0. The molecule has 2 heterocycles. The molecule has 0 saturated carbocycles. The van der Waals surface area contributed by atoms with E-state index in [2.05, 4.69) is 108 Å². The van der Waals surface area contributed by atoms with Gasteiger partial charge in [-0.1, -0.05) is 97.1 Å². The van der Waals surface area contributed by atoms with Crippen molar-refractivity contribution in [3.8, 4) is 0 Å². The fraction of sp³-hybridized carbons (Fsp3) is 0. The van der Waals surface area contributed by atoms with Crippen molar-refractivity contribution < 1.29 is 0 Å². The molecular weight excluding hydrogens is 350 g/mol. The molecule has 0 unspecified atom stereocenters. The third-order valence-electron chi connectivity index (χ3n) is 6.32. The molecule has 0 amide bonds. The van der Waals surface area contributed by atoms with Gasteiger partial charge < -0.3 is 4.40 Å². The van der Waals surface area contributed by atoms with Crippen LogP contribution in [-0.4, -0.2) is 4.40 Å². The Morgan fingerprint density at radius 3 is 1.69 bits per heavy atom. The predicted molar refractivity (Wildman–Crippen MR) is 125 cm³/mol. The van der Waals surface area contributed by atoms with Crippen LogP contribution in [0, 0.1) is 0 Å². The molecule has 7 rings (SSSR count). The summed E-state index contributed by atoms with van der Waals surface area (Å²) in [6.45, 7) is 0. The van der Waals surface area contributed by atoms with Crippen LogP contribution < -0.4 is 0 Å². The van der Waals surface area contributed by atoms with Crippen molar-refractivity contribution in [2.75, 3.05) is 0 Å². The SMILES string of the molecule is c1ccc2c(c1)ccc1c3ccc4ccccc4c3n3cc4ccccc4c3c21. The van der Waals surface area contributed by atoms with Gasteiger partial charge in [-0.3, -0.25) is 0 Å². The van der Waals surface area contributed by atoms with Crippen molar-refractivity contribution >= 4 is 59.5 Å². The molecule has 2 aromatic heterocycles. The molecule has 0 saturated heterocycles. The fourth-order valence-electron chi connectivity index (χ4n) is 5.07. The molecule has 5 aromatic carbocycles. The first-order chi connectivity index (χ1) is 14.4. The van der Waals surface area contributed by atoms with Gasteiger partial charge in [0.25, 0.3) is 0 Å². The van der Waals surface area contributed by atoms with E-state index in [0.717, 1.165) is 0 Å². The summed E-state index contributed by atoms with van der Waals surface area (Å²) < 4.78 is 2.43. The van der Waals surface area contributed by atoms with Crippen LogP contribution in [0.5, 0.6) is 0 Å². The minimum absolute atomic E-state index is 1.28. The third-order valence-corrected chi connectivity index (χ3v) is 6.32. The molecule has 0 fully saturated rings. The molecule has 0 N–H and O–H groups in total. The van der Waals surface area contributed by atoms with E-state index in [0.29, 0.717) is 0 Å². The van der Waals surface area contributed by atoms with E-state index in [9.17, 15) is 0 Å². The number of benzene rings is 5. The highest BCUT2D eigenvalue weighted by Gasteiger charge is 2.16. The molecule has 0 aliphatic heterocycles. The summed E-state index contributed by atoms with van der Waals surface area (Å²) in [6.07, 6.45) is 2.31. The van der Waals surface area contributed by atoms with Gasteiger partial charge in [-0.05, 0) is 21.5 Å². The summed E-state index contributed by atoms with van der Waals surface area (Å²) in [5.41, 5.74) is 2.59. The van der Waals surface area contributed by atoms with E-state index in [1.54, 1.807) is 0 Å². The standard InChI is InChI=1S/C28H17N/c1-4-10-21-18(7-1)13-15-24-25-16-14-19-8-2-5-11-22(19)27(25)29-17-20-9-3-6-12-23(20)28(29)26(21)24/h1-17H. The molecule has 0 aliphatic carbocycles. The maximum absolute atomic E-state index is 2.43. The molecule has 0 bridgehead atoms. The molecule has 0 aliphatic rings. The normalized spacial score (nSPS) is 12.1. The first-order valence-electron chi connectivity index (χ1n) is 10.0. The Bertz CT molecular complexity index is 1750. The molecule has 7 aromatic rings. The summed E-state index contributed by atoms with van der Waals surface area (Å²) in [5, 5.41) is 11.7. The smallest absolute Gasteiger partial charge is 0.0620 e. The number of hydrogen-bond donors (Lipinski definition) is 0. The second-order valence-electron chi connectivity index (χ2n) is 7.83. The molecule has 134 valence electrons. The predicted octanol–water partition coefficient (Wildman–Crippen LogP) is 7.71. The van der Waals surface area contributed by atoms with Crippen molar-refractivity contribution in [1.82, 2.24) is 4.40 Å². The Hall–Kier alpha value is -3.84. The fourth-order valence-corrected chi connectivity index (χ4v) is 5.07. The summed E-state index contributed by atoms with van der Waals surface area (Å²) in [4.78, 5) is 0. The highest BCUT2D eigenvalue weighted by Crippen LogP contribution is 2.40. The zero-order valence-corrected chi connectivity index (χ0v) is 15.8. The number of pyridine rings is 1. The second-order valence-corrected chi connectivity index (χ2v) is 7.83. The van der Waals surface area contributed by atoms with Gasteiger partial charge in [0.15, 0.2) is 0 Å². The Morgan fingerprint density at radius 1 is 0.379 bits per heavy atom. The van der Waals surface area contributed by atoms with Crippen LogP contribution in [0.2, 0.25) is 0 Å². The minimum Gasteiger partial charge on any atom is -0.314 e. The quantitative estimate of drug-likeness (QED) is 0.242. The summed E-state index contributed by atoms with van der Waals surface area (Å²) in [7, 11) is 0. The molecule has 0 atom stereocenters. The van der Waals surface area contributed by atoms with Crippen LogP contribution >= 0.6 is 0 Å². The second kappa shape index (κ2) is 5.36. The van der Waals surface area contributed by atoms with Crippen molar-refractivity contribution in [1.29, 1.82) is 0 Å². The number of fused-ring (bicyclic) bond motifs is 12. The third kappa shape index (κ3) is 1.89. The van der Waals surface area contributed by atoms with Crippen LogP contribution in [0.1, 0.15) is 0 Å². The Morgan fingerprint density at radius 2 is 0.931 bits per heavy atom. The monoisotopic (exact) mass is 367 g/mol. The lowest BCUT2D eigenvalue weighted by Gasteiger charge is -2.14. The van der Waals surface area contributed by atoms with Crippen LogP contribution in [0.25, 0.3) is 59.5 Å². The minimum atomic E-state index is 1.28. The van der Waals surface area contributed by atoms with Crippen molar-refractivity contribution in [3.05, 3.63) is 103 Å². The highest BCUT2D eigenvalue weighted by molar-refractivity contribution is 6.29. The van der Waals surface area contributed by atoms with E-state index < -0.39 is 0 Å². The lowest BCUT2D eigenvalue weighted by atomic mass is 9.96. The topological polar surface area (TPSA) is 4.41 Å². The van der Waals surface area contributed by atoms with E-state index >= 15 is 0 Å². The molecule has 29 heavy (non-hydrogen) atoms. The van der Waals surface area contributed by atoms with Gasteiger partial charge in [0.1, 0.15) is 0 Å². The molecule has 1 nitrogen and oxygen atoms in total. The van der Waals surface area contributed by atoms with E-state index in [1.165, 1.54) is 59.5 Å². The molecule has 1 heteroatoms. The van der Waals surface area contributed by atoms with Gasteiger partial charge in [-0.15, -0.1) is 0 Å². The zero-order valence-electron chi connectivity index (χ0n) is 15.8. The van der Waals surface area contributed by atoms with E-state index in [-0.39, 0.29) is 0 Å². The maximum atomic E-state index is 2.43. The number of aromatic nitrogens is 1. The van der Waals surface area contributed by atoms with Gasteiger partial charge >= 0.3 is 0 Å². The highest BCUT2D eigenvalue weighted by atomic mass is 14.9. The van der Waals surface area contributed by atoms with E-state index in [1.807, 2.05) is 0 Å². The van der Waals surface area contributed by atoms with Gasteiger partial charge in [-0.2, -0.15) is 0 Å². The Labute approximate surface area is 167 Å².